The zero-order chi connectivity index (χ0) is 15.0. The Morgan fingerprint density at radius 2 is 2.05 bits per heavy atom. The fourth-order valence-corrected chi connectivity index (χ4v) is 4.10. The first-order chi connectivity index (χ1) is 10.1. The third-order valence-corrected chi connectivity index (χ3v) is 4.84. The molecule has 110 valence electrons. The molecule has 1 aliphatic carbocycles. The molecule has 1 aromatic heterocycles. The van der Waals surface area contributed by atoms with Gasteiger partial charge in [0.2, 0.25) is 0 Å². The van der Waals surface area contributed by atoms with Crippen LogP contribution in [-0.4, -0.2) is 9.55 Å². The third kappa shape index (κ3) is 2.33. The Morgan fingerprint density at radius 3 is 2.67 bits per heavy atom. The first-order valence-corrected chi connectivity index (χ1v) is 7.93. The molecule has 3 rings (SSSR count). The number of rotatable bonds is 3. The van der Waals surface area contributed by atoms with Crippen molar-refractivity contribution >= 4 is 11.0 Å². The Labute approximate surface area is 126 Å². The summed E-state index contributed by atoms with van der Waals surface area (Å²) in [6.45, 7) is 4.60. The largest absolute Gasteiger partial charge is 0.331 e. The van der Waals surface area contributed by atoms with Crippen molar-refractivity contribution in [1.82, 2.24) is 9.55 Å². The lowest BCUT2D eigenvalue weighted by Gasteiger charge is -2.30. The highest BCUT2D eigenvalue weighted by Crippen LogP contribution is 2.45. The minimum absolute atomic E-state index is 0.231. The number of benzene rings is 1. The summed E-state index contributed by atoms with van der Waals surface area (Å²) in [5, 5.41) is 9.07. The zero-order valence-electron chi connectivity index (χ0n) is 13.2. The fourth-order valence-electron chi connectivity index (χ4n) is 4.10. The Balaban J connectivity index is 2.14. The van der Waals surface area contributed by atoms with Crippen LogP contribution in [-0.2, 0) is 12.5 Å². The van der Waals surface area contributed by atoms with E-state index in [1.165, 1.54) is 37.9 Å². The molecule has 1 aromatic carbocycles. The lowest BCUT2D eigenvalue weighted by Crippen LogP contribution is -2.28. The van der Waals surface area contributed by atoms with E-state index in [2.05, 4.69) is 31.5 Å². The molecule has 0 bridgehead atoms. The second-order valence-corrected chi connectivity index (χ2v) is 6.90. The maximum atomic E-state index is 9.07. The molecule has 0 spiro atoms. The number of imidazole rings is 1. The van der Waals surface area contributed by atoms with Gasteiger partial charge in [-0.1, -0.05) is 26.7 Å². The molecule has 1 heterocycles. The molecule has 21 heavy (non-hydrogen) atoms. The molecule has 0 atom stereocenters. The van der Waals surface area contributed by atoms with Gasteiger partial charge in [0.25, 0.3) is 0 Å². The molecular weight excluding hydrogens is 258 g/mol. The van der Waals surface area contributed by atoms with E-state index in [0.29, 0.717) is 11.5 Å². The molecular formula is C18H23N3. The molecule has 0 unspecified atom stereocenters. The first kappa shape index (κ1) is 14.1. The molecule has 3 nitrogen and oxygen atoms in total. The van der Waals surface area contributed by atoms with Crippen LogP contribution in [0.4, 0.5) is 0 Å². The van der Waals surface area contributed by atoms with Crippen LogP contribution in [0.15, 0.2) is 18.2 Å². The van der Waals surface area contributed by atoms with Gasteiger partial charge in [0, 0.05) is 12.5 Å². The fraction of sp³-hybridized carbons (Fsp3) is 0.556. The second-order valence-electron chi connectivity index (χ2n) is 6.90. The lowest BCUT2D eigenvalue weighted by molar-refractivity contribution is 0.323. The van der Waals surface area contributed by atoms with Crippen LogP contribution in [0, 0.1) is 17.2 Å². The van der Waals surface area contributed by atoms with Crippen molar-refractivity contribution in [3.63, 3.8) is 0 Å². The van der Waals surface area contributed by atoms with Crippen molar-refractivity contribution in [3.8, 4) is 6.07 Å². The molecule has 0 aliphatic heterocycles. The molecule has 1 aliphatic rings. The summed E-state index contributed by atoms with van der Waals surface area (Å²) in [4.78, 5) is 4.94. The van der Waals surface area contributed by atoms with E-state index in [1.54, 1.807) is 0 Å². The molecule has 0 saturated heterocycles. The summed E-state index contributed by atoms with van der Waals surface area (Å²) in [5.74, 6) is 1.90. The summed E-state index contributed by atoms with van der Waals surface area (Å²) in [6, 6.07) is 8.04. The summed E-state index contributed by atoms with van der Waals surface area (Å²) < 4.78 is 2.25. The van der Waals surface area contributed by atoms with E-state index in [1.807, 2.05) is 18.2 Å². The van der Waals surface area contributed by atoms with Gasteiger partial charge in [-0.25, -0.2) is 4.98 Å². The minimum Gasteiger partial charge on any atom is -0.331 e. The van der Waals surface area contributed by atoms with Crippen molar-refractivity contribution in [2.75, 3.05) is 0 Å². The van der Waals surface area contributed by atoms with Gasteiger partial charge in [-0.3, -0.25) is 0 Å². The molecule has 0 N–H and O–H groups in total. The highest BCUT2D eigenvalue weighted by Gasteiger charge is 2.39. The molecule has 1 saturated carbocycles. The van der Waals surface area contributed by atoms with Gasteiger partial charge in [-0.05, 0) is 43.4 Å². The summed E-state index contributed by atoms with van der Waals surface area (Å²) in [7, 11) is 2.12. The Morgan fingerprint density at radius 1 is 1.33 bits per heavy atom. The molecule has 0 radical (unpaired) electrons. The Hall–Kier alpha value is -1.82. The molecule has 2 aromatic rings. The Kier molecular flexibility index (Phi) is 3.49. The van der Waals surface area contributed by atoms with Crippen LogP contribution < -0.4 is 0 Å². The van der Waals surface area contributed by atoms with E-state index in [9.17, 15) is 0 Å². The third-order valence-electron chi connectivity index (χ3n) is 4.84. The van der Waals surface area contributed by atoms with Gasteiger partial charge in [-0.2, -0.15) is 5.26 Å². The topological polar surface area (TPSA) is 41.6 Å². The normalized spacial score (nSPS) is 17.5. The second kappa shape index (κ2) is 5.18. The molecule has 3 heteroatoms. The summed E-state index contributed by atoms with van der Waals surface area (Å²) in [6.07, 6.45) is 6.30. The average molecular weight is 281 g/mol. The summed E-state index contributed by atoms with van der Waals surface area (Å²) in [5.41, 5.74) is 3.02. The van der Waals surface area contributed by atoms with Crippen LogP contribution in [0.5, 0.6) is 0 Å². The maximum absolute atomic E-state index is 9.07. The van der Waals surface area contributed by atoms with Crippen LogP contribution in [0.1, 0.15) is 57.3 Å². The van der Waals surface area contributed by atoms with Crippen molar-refractivity contribution in [2.24, 2.45) is 13.0 Å². The maximum Gasteiger partial charge on any atom is 0.115 e. The number of fused-ring (bicyclic) bond motifs is 1. The van der Waals surface area contributed by atoms with Crippen LogP contribution >= 0.6 is 0 Å². The number of hydrogen-bond acceptors (Lipinski definition) is 2. The Bertz CT molecular complexity index is 697. The zero-order valence-corrected chi connectivity index (χ0v) is 13.2. The number of aromatic nitrogens is 2. The van der Waals surface area contributed by atoms with E-state index in [4.69, 9.17) is 10.2 Å². The monoisotopic (exact) mass is 281 g/mol. The lowest BCUT2D eigenvalue weighted by atomic mass is 9.77. The van der Waals surface area contributed by atoms with E-state index in [-0.39, 0.29) is 5.41 Å². The van der Waals surface area contributed by atoms with Gasteiger partial charge < -0.3 is 4.57 Å². The average Bonchev–Trinajstić information content (AvgIpc) is 3.04. The quantitative estimate of drug-likeness (QED) is 0.841. The van der Waals surface area contributed by atoms with E-state index >= 15 is 0 Å². The summed E-state index contributed by atoms with van der Waals surface area (Å²) >= 11 is 0. The smallest absolute Gasteiger partial charge is 0.115 e. The van der Waals surface area contributed by atoms with Crippen LogP contribution in [0.25, 0.3) is 11.0 Å². The predicted octanol–water partition coefficient (Wildman–Crippen LogP) is 4.30. The van der Waals surface area contributed by atoms with Crippen LogP contribution in [0.2, 0.25) is 0 Å². The molecule has 1 fully saturated rings. The van der Waals surface area contributed by atoms with Crippen molar-refractivity contribution in [1.29, 1.82) is 5.26 Å². The van der Waals surface area contributed by atoms with Gasteiger partial charge in [-0.15, -0.1) is 0 Å². The highest BCUT2D eigenvalue weighted by atomic mass is 15.1. The van der Waals surface area contributed by atoms with Crippen LogP contribution in [0.3, 0.4) is 0 Å². The standard InChI is InChI=1S/C18H23N3/c1-13(2)11-18(8-4-5-9-18)17-20-15-10-14(12-19)6-7-16(15)21(17)3/h6-7,10,13H,4-5,8-9,11H2,1-3H3. The number of nitrogens with zero attached hydrogens (tertiary/aromatic N) is 3. The number of nitriles is 1. The van der Waals surface area contributed by atoms with E-state index < -0.39 is 0 Å². The number of hydrogen-bond donors (Lipinski definition) is 0. The SMILES string of the molecule is CC(C)CC1(c2nc3cc(C#N)ccc3n2C)CCCC1. The van der Waals surface area contributed by atoms with Gasteiger partial charge in [0.1, 0.15) is 5.82 Å². The first-order valence-electron chi connectivity index (χ1n) is 7.93. The minimum atomic E-state index is 0.231. The molecule has 0 amide bonds. The van der Waals surface area contributed by atoms with Gasteiger partial charge in [0.15, 0.2) is 0 Å². The van der Waals surface area contributed by atoms with Crippen molar-refractivity contribution < 1.29 is 0 Å². The highest BCUT2D eigenvalue weighted by molar-refractivity contribution is 5.78. The van der Waals surface area contributed by atoms with E-state index in [0.717, 1.165) is 11.0 Å². The van der Waals surface area contributed by atoms with Crippen molar-refractivity contribution in [2.45, 2.75) is 51.4 Å². The predicted molar refractivity (Wildman–Crippen MR) is 85.0 cm³/mol. The van der Waals surface area contributed by atoms with Crippen molar-refractivity contribution in [3.05, 3.63) is 29.6 Å². The van der Waals surface area contributed by atoms with Gasteiger partial charge >= 0.3 is 0 Å². The number of aryl methyl sites for hydroxylation is 1. The van der Waals surface area contributed by atoms with Gasteiger partial charge in [0.05, 0.1) is 22.7 Å².